The zero-order chi connectivity index (χ0) is 13.2. The van der Waals surface area contributed by atoms with E-state index in [-0.39, 0.29) is 17.3 Å². The summed E-state index contributed by atoms with van der Waals surface area (Å²) < 4.78 is 0. The minimum atomic E-state index is -0.290. The first kappa shape index (κ1) is 13.0. The van der Waals surface area contributed by atoms with Gasteiger partial charge in [-0.05, 0) is 32.1 Å². The van der Waals surface area contributed by atoms with Crippen LogP contribution >= 0.6 is 0 Å². The van der Waals surface area contributed by atoms with E-state index in [1.54, 1.807) is 0 Å². The second kappa shape index (κ2) is 5.04. The molecule has 1 saturated carbocycles. The van der Waals surface area contributed by atoms with E-state index in [1.807, 2.05) is 11.8 Å². The fourth-order valence-corrected chi connectivity index (χ4v) is 2.40. The second-order valence-corrected chi connectivity index (χ2v) is 5.61. The number of carbonyl (C=O) groups is 1. The lowest BCUT2D eigenvalue weighted by atomic mass is 9.79. The monoisotopic (exact) mass is 254 g/mol. The van der Waals surface area contributed by atoms with Crippen molar-refractivity contribution in [2.75, 3.05) is 13.1 Å². The van der Waals surface area contributed by atoms with Gasteiger partial charge in [-0.15, -0.1) is 0 Å². The maximum absolute atomic E-state index is 12.0. The van der Waals surface area contributed by atoms with Crippen molar-refractivity contribution in [2.45, 2.75) is 45.1 Å². The maximum atomic E-state index is 12.0. The molecule has 0 bridgehead atoms. The molecule has 2 fully saturated rings. The number of likely N-dealkylation sites (tertiary alicyclic amines) is 1. The highest BCUT2D eigenvalue weighted by Crippen LogP contribution is 2.31. The largest absolute Gasteiger partial charge is 0.409 e. The van der Waals surface area contributed by atoms with E-state index < -0.39 is 0 Å². The molecule has 1 saturated heterocycles. The van der Waals surface area contributed by atoms with Gasteiger partial charge in [-0.2, -0.15) is 0 Å². The lowest BCUT2D eigenvalue weighted by molar-refractivity contribution is 0.150. The fraction of sp³-hybridized carbons (Fsp3) is 0.833. The second-order valence-electron chi connectivity index (χ2n) is 5.61. The van der Waals surface area contributed by atoms with Crippen molar-refractivity contribution < 1.29 is 10.0 Å². The van der Waals surface area contributed by atoms with Crippen LogP contribution in [0.1, 0.15) is 39.0 Å². The lowest BCUT2D eigenvalue weighted by Crippen LogP contribution is -2.52. The van der Waals surface area contributed by atoms with Crippen molar-refractivity contribution in [3.63, 3.8) is 0 Å². The summed E-state index contributed by atoms with van der Waals surface area (Å²) in [7, 11) is 0. The summed E-state index contributed by atoms with van der Waals surface area (Å²) in [6, 6.07) is 0.399. The molecule has 1 aliphatic heterocycles. The highest BCUT2D eigenvalue weighted by atomic mass is 16.4. The van der Waals surface area contributed by atoms with Gasteiger partial charge in [0, 0.05) is 24.5 Å². The van der Waals surface area contributed by atoms with Gasteiger partial charge in [0.15, 0.2) is 0 Å². The zero-order valence-electron chi connectivity index (χ0n) is 10.9. The van der Waals surface area contributed by atoms with Gasteiger partial charge in [0.2, 0.25) is 0 Å². The van der Waals surface area contributed by atoms with Crippen LogP contribution in [0.2, 0.25) is 0 Å². The highest BCUT2D eigenvalue weighted by Gasteiger charge is 2.36. The summed E-state index contributed by atoms with van der Waals surface area (Å²) in [6.45, 7) is 3.29. The number of amides is 2. The molecule has 4 N–H and O–H groups in total. The minimum Gasteiger partial charge on any atom is -0.409 e. The summed E-state index contributed by atoms with van der Waals surface area (Å²) >= 11 is 0. The van der Waals surface area contributed by atoms with E-state index in [0.717, 1.165) is 25.7 Å². The van der Waals surface area contributed by atoms with Crippen LogP contribution in [0.4, 0.5) is 4.79 Å². The molecule has 0 aromatic rings. The zero-order valence-corrected chi connectivity index (χ0v) is 10.9. The summed E-state index contributed by atoms with van der Waals surface area (Å²) in [4.78, 5) is 13.8. The van der Waals surface area contributed by atoms with Crippen LogP contribution in [0, 0.1) is 5.41 Å². The number of nitrogens with two attached hydrogens (primary N) is 1. The number of urea groups is 1. The van der Waals surface area contributed by atoms with Crippen molar-refractivity contribution in [2.24, 2.45) is 16.3 Å². The first-order valence-electron chi connectivity index (χ1n) is 6.58. The molecule has 1 aliphatic carbocycles. The number of carbonyl (C=O) groups excluding carboxylic acids is 1. The van der Waals surface area contributed by atoms with Crippen LogP contribution in [0.15, 0.2) is 5.16 Å². The van der Waals surface area contributed by atoms with E-state index in [1.165, 1.54) is 6.42 Å². The maximum Gasteiger partial charge on any atom is 0.317 e. The molecule has 2 amide bonds. The van der Waals surface area contributed by atoms with Gasteiger partial charge in [-0.1, -0.05) is 12.1 Å². The van der Waals surface area contributed by atoms with Crippen molar-refractivity contribution in [3.05, 3.63) is 0 Å². The van der Waals surface area contributed by atoms with Crippen LogP contribution < -0.4 is 11.1 Å². The number of oxime groups is 1. The Kier molecular flexibility index (Phi) is 3.63. The molecule has 2 rings (SSSR count). The summed E-state index contributed by atoms with van der Waals surface area (Å²) in [5.41, 5.74) is 5.41. The molecule has 0 aromatic heterocycles. The third kappa shape index (κ3) is 2.52. The van der Waals surface area contributed by atoms with Crippen LogP contribution in [-0.4, -0.2) is 41.1 Å². The lowest BCUT2D eigenvalue weighted by Gasteiger charge is -2.39. The molecular formula is C12H22N4O2. The number of hydrogen-bond acceptors (Lipinski definition) is 3. The fourth-order valence-electron chi connectivity index (χ4n) is 2.40. The van der Waals surface area contributed by atoms with Gasteiger partial charge >= 0.3 is 6.03 Å². The summed E-state index contributed by atoms with van der Waals surface area (Å²) in [5, 5.41) is 14.9. The standard InChI is InChI=1S/C12H22N4O2/c1-12(10(13)15-18)5-7-16(8-6-12)11(17)14-9-3-2-4-9/h9,18H,2-8H2,1H3,(H2,13,15)(H,14,17). The minimum absolute atomic E-state index is 0.0289. The number of hydrogen-bond donors (Lipinski definition) is 3. The van der Waals surface area contributed by atoms with Crippen molar-refractivity contribution in [3.8, 4) is 0 Å². The van der Waals surface area contributed by atoms with Crippen molar-refractivity contribution in [1.29, 1.82) is 0 Å². The van der Waals surface area contributed by atoms with Gasteiger partial charge in [0.25, 0.3) is 0 Å². The summed E-state index contributed by atoms with van der Waals surface area (Å²) in [5.74, 6) is 0.265. The molecule has 0 atom stereocenters. The Morgan fingerprint density at radius 2 is 2.06 bits per heavy atom. The van der Waals surface area contributed by atoms with E-state index in [2.05, 4.69) is 10.5 Å². The molecule has 0 radical (unpaired) electrons. The third-order valence-electron chi connectivity index (χ3n) is 4.31. The average Bonchev–Trinajstić information content (AvgIpc) is 2.33. The Morgan fingerprint density at radius 1 is 1.44 bits per heavy atom. The SMILES string of the molecule is CC1(C(N)=NO)CCN(C(=O)NC2CCC2)CC1. The third-order valence-corrected chi connectivity index (χ3v) is 4.31. The number of rotatable bonds is 2. The van der Waals surface area contributed by atoms with Gasteiger partial charge in [0.05, 0.1) is 0 Å². The number of amidine groups is 1. The van der Waals surface area contributed by atoms with E-state index >= 15 is 0 Å². The topological polar surface area (TPSA) is 91.0 Å². The van der Waals surface area contributed by atoms with Crippen LogP contribution in [0.5, 0.6) is 0 Å². The molecule has 0 unspecified atom stereocenters. The predicted molar refractivity (Wildman–Crippen MR) is 68.5 cm³/mol. The molecule has 6 heteroatoms. The number of nitrogens with zero attached hydrogens (tertiary/aromatic N) is 2. The molecule has 6 nitrogen and oxygen atoms in total. The quantitative estimate of drug-likeness (QED) is 0.298. The first-order valence-corrected chi connectivity index (χ1v) is 6.58. The van der Waals surface area contributed by atoms with E-state index in [4.69, 9.17) is 10.9 Å². The Labute approximate surface area is 107 Å². The van der Waals surface area contributed by atoms with E-state index in [9.17, 15) is 4.79 Å². The Morgan fingerprint density at radius 3 is 2.50 bits per heavy atom. The van der Waals surface area contributed by atoms with Gasteiger partial charge in [-0.25, -0.2) is 4.79 Å². The van der Waals surface area contributed by atoms with Crippen LogP contribution in [0.25, 0.3) is 0 Å². The van der Waals surface area contributed by atoms with Crippen LogP contribution in [-0.2, 0) is 0 Å². The first-order chi connectivity index (χ1) is 8.55. The Bertz CT molecular complexity index is 344. The van der Waals surface area contributed by atoms with Crippen LogP contribution in [0.3, 0.4) is 0 Å². The van der Waals surface area contributed by atoms with Crippen molar-refractivity contribution >= 4 is 11.9 Å². The molecule has 18 heavy (non-hydrogen) atoms. The van der Waals surface area contributed by atoms with E-state index in [0.29, 0.717) is 19.1 Å². The van der Waals surface area contributed by atoms with Gasteiger partial charge < -0.3 is 21.2 Å². The highest BCUT2D eigenvalue weighted by molar-refractivity contribution is 5.86. The molecule has 102 valence electrons. The van der Waals surface area contributed by atoms with Gasteiger partial charge in [0.1, 0.15) is 5.84 Å². The Balaban J connectivity index is 1.84. The molecule has 0 spiro atoms. The normalized spacial score (nSPS) is 24.5. The summed E-state index contributed by atoms with van der Waals surface area (Å²) in [6.07, 6.45) is 4.89. The number of piperidine rings is 1. The molecule has 2 aliphatic rings. The van der Waals surface area contributed by atoms with Crippen molar-refractivity contribution in [1.82, 2.24) is 10.2 Å². The average molecular weight is 254 g/mol. The predicted octanol–water partition coefficient (Wildman–Crippen LogP) is 1.10. The van der Waals surface area contributed by atoms with Gasteiger partial charge in [-0.3, -0.25) is 0 Å². The smallest absolute Gasteiger partial charge is 0.317 e. The molecule has 0 aromatic carbocycles. The number of nitrogens with one attached hydrogen (secondary N) is 1. The Hall–Kier alpha value is -1.46. The molecular weight excluding hydrogens is 232 g/mol. The molecule has 1 heterocycles.